The maximum Gasteiger partial charge on any atom is 0.422 e. The summed E-state index contributed by atoms with van der Waals surface area (Å²) in [6.45, 7) is -0.187. The zero-order valence-corrected chi connectivity index (χ0v) is 19.3. The molecule has 3 heterocycles. The van der Waals surface area contributed by atoms with E-state index >= 15 is 0 Å². The van der Waals surface area contributed by atoms with Crippen LogP contribution in [-0.2, 0) is 25.9 Å². The summed E-state index contributed by atoms with van der Waals surface area (Å²) in [5.41, 5.74) is 1.74. The van der Waals surface area contributed by atoms with Crippen LogP contribution in [0.3, 0.4) is 0 Å². The third-order valence-corrected chi connectivity index (χ3v) is 5.99. The summed E-state index contributed by atoms with van der Waals surface area (Å²) in [5, 5.41) is 10.0. The van der Waals surface area contributed by atoms with Crippen LogP contribution < -0.4 is 9.64 Å². The highest BCUT2D eigenvalue weighted by Gasteiger charge is 2.29. The first kappa shape index (κ1) is 23.2. The molecule has 1 fully saturated rings. The minimum absolute atomic E-state index is 0.0453. The molecule has 0 saturated heterocycles. The van der Waals surface area contributed by atoms with E-state index in [1.54, 1.807) is 12.3 Å². The number of alkyl halides is 3. The molecule has 0 N–H and O–H groups in total. The van der Waals surface area contributed by atoms with Crippen molar-refractivity contribution in [2.75, 3.05) is 18.6 Å². The van der Waals surface area contributed by atoms with Crippen LogP contribution >= 0.6 is 0 Å². The van der Waals surface area contributed by atoms with Crippen molar-refractivity contribution in [3.8, 4) is 5.88 Å². The molecule has 3 aromatic heterocycles. The lowest BCUT2D eigenvalue weighted by molar-refractivity contribution is -0.154. The molecule has 0 atom stereocenters. The molecule has 0 spiro atoms. The van der Waals surface area contributed by atoms with E-state index in [4.69, 9.17) is 9.15 Å². The monoisotopic (exact) mass is 485 g/mol. The zero-order valence-electron chi connectivity index (χ0n) is 19.3. The predicted molar refractivity (Wildman–Crippen MR) is 124 cm³/mol. The molecule has 1 aliphatic rings. The lowest BCUT2D eigenvalue weighted by Crippen LogP contribution is -2.22. The van der Waals surface area contributed by atoms with E-state index in [1.165, 1.54) is 18.9 Å². The Morgan fingerprint density at radius 3 is 2.69 bits per heavy atom. The van der Waals surface area contributed by atoms with Crippen LogP contribution in [0.15, 0.2) is 53.1 Å². The fraction of sp³-hybridized carbons (Fsp3) is 0.400. The number of ether oxygens (including phenoxy) is 1. The van der Waals surface area contributed by atoms with Crippen molar-refractivity contribution in [1.82, 2.24) is 19.7 Å². The Hall–Kier alpha value is -3.56. The summed E-state index contributed by atoms with van der Waals surface area (Å²) < 4.78 is 49.8. The van der Waals surface area contributed by atoms with Gasteiger partial charge in [-0.25, -0.2) is 4.98 Å². The number of furan rings is 1. The van der Waals surface area contributed by atoms with Gasteiger partial charge in [0.05, 0.1) is 6.54 Å². The van der Waals surface area contributed by atoms with Crippen LogP contribution in [0.5, 0.6) is 5.88 Å². The third kappa shape index (κ3) is 5.93. The quantitative estimate of drug-likeness (QED) is 0.308. The largest absolute Gasteiger partial charge is 0.468 e. The number of nitrogens with zero attached hydrogens (tertiary/aromatic N) is 5. The first-order valence-corrected chi connectivity index (χ1v) is 11.6. The molecule has 4 aromatic rings. The average molecular weight is 486 g/mol. The van der Waals surface area contributed by atoms with Gasteiger partial charge in [-0.15, -0.1) is 10.2 Å². The molecular formula is C25H26F3N5O2. The molecule has 1 saturated carbocycles. The second kappa shape index (κ2) is 9.59. The summed E-state index contributed by atoms with van der Waals surface area (Å²) in [6, 6.07) is 13.1. The van der Waals surface area contributed by atoms with Gasteiger partial charge in [-0.05, 0) is 42.9 Å². The van der Waals surface area contributed by atoms with Gasteiger partial charge in [0.15, 0.2) is 6.61 Å². The van der Waals surface area contributed by atoms with Gasteiger partial charge in [0.25, 0.3) is 0 Å². The second-order valence-corrected chi connectivity index (χ2v) is 8.98. The molecule has 0 radical (unpaired) electrons. The Kier molecular flexibility index (Phi) is 6.36. The highest BCUT2D eigenvalue weighted by molar-refractivity contribution is 5.77. The van der Waals surface area contributed by atoms with Crippen molar-refractivity contribution in [3.05, 3.63) is 65.8 Å². The van der Waals surface area contributed by atoms with Crippen LogP contribution in [0.4, 0.5) is 19.1 Å². The molecule has 10 heteroatoms. The van der Waals surface area contributed by atoms with E-state index in [2.05, 4.69) is 19.7 Å². The van der Waals surface area contributed by atoms with Crippen LogP contribution in [-0.4, -0.2) is 39.6 Å². The first-order chi connectivity index (χ1) is 16.8. The fourth-order valence-electron chi connectivity index (χ4n) is 4.03. The van der Waals surface area contributed by atoms with Crippen molar-refractivity contribution < 1.29 is 22.3 Å². The van der Waals surface area contributed by atoms with E-state index in [9.17, 15) is 13.2 Å². The van der Waals surface area contributed by atoms with E-state index in [-0.39, 0.29) is 5.88 Å². The van der Waals surface area contributed by atoms with Gasteiger partial charge in [-0.3, -0.25) is 4.57 Å². The third-order valence-electron chi connectivity index (χ3n) is 5.99. The summed E-state index contributed by atoms with van der Waals surface area (Å²) in [6.07, 6.45) is 1.09. The van der Waals surface area contributed by atoms with E-state index in [0.717, 1.165) is 40.5 Å². The van der Waals surface area contributed by atoms with Gasteiger partial charge < -0.3 is 14.1 Å². The first-order valence-electron chi connectivity index (χ1n) is 11.6. The molecule has 0 unspecified atom stereocenters. The Labute approximate surface area is 200 Å². The minimum Gasteiger partial charge on any atom is -0.468 e. The normalized spacial score (nSPS) is 13.9. The SMILES string of the molecule is CN(Cc1cc2ccccc2o1)c1nnc(CC2CC2)n1CCc1ccc(OCC(F)(F)F)nc1. The molecule has 1 aromatic carbocycles. The molecular weight excluding hydrogens is 459 g/mol. The molecule has 5 rings (SSSR count). The Morgan fingerprint density at radius 2 is 1.97 bits per heavy atom. The molecule has 0 amide bonds. The molecule has 1 aliphatic carbocycles. The fourth-order valence-corrected chi connectivity index (χ4v) is 4.03. The van der Waals surface area contributed by atoms with E-state index < -0.39 is 12.8 Å². The standard InChI is InChI=1S/C25H26F3N5O2/c1-32(15-20-13-19-4-2-3-5-21(19)35-20)24-31-30-22(12-17-6-7-17)33(24)11-10-18-8-9-23(29-14-18)34-16-25(26,27)28/h2-5,8-9,13-14,17H,6-7,10-12,15-16H2,1H3. The van der Waals surface area contributed by atoms with E-state index in [1.807, 2.05) is 42.3 Å². The van der Waals surface area contributed by atoms with Crippen molar-refractivity contribution >= 4 is 16.9 Å². The van der Waals surface area contributed by atoms with Crippen LogP contribution in [0.1, 0.15) is 30.0 Å². The number of pyridine rings is 1. The summed E-state index contributed by atoms with van der Waals surface area (Å²) in [4.78, 5) is 6.03. The second-order valence-electron chi connectivity index (χ2n) is 8.98. The van der Waals surface area contributed by atoms with E-state index in [0.29, 0.717) is 25.4 Å². The number of aromatic nitrogens is 4. The van der Waals surface area contributed by atoms with Crippen LogP contribution in [0.2, 0.25) is 0 Å². The molecule has 0 aliphatic heterocycles. The summed E-state index contributed by atoms with van der Waals surface area (Å²) in [5.74, 6) is 3.14. The number of benzene rings is 1. The highest BCUT2D eigenvalue weighted by Crippen LogP contribution is 2.33. The maximum atomic E-state index is 12.3. The number of rotatable bonds is 10. The van der Waals surface area contributed by atoms with Gasteiger partial charge >= 0.3 is 6.18 Å². The maximum absolute atomic E-state index is 12.3. The van der Waals surface area contributed by atoms with Gasteiger partial charge in [-0.2, -0.15) is 13.2 Å². The van der Waals surface area contributed by atoms with Gasteiger partial charge in [0.2, 0.25) is 11.8 Å². The van der Waals surface area contributed by atoms with Crippen molar-refractivity contribution in [1.29, 1.82) is 0 Å². The number of para-hydroxylation sites is 1. The van der Waals surface area contributed by atoms with Crippen LogP contribution in [0, 0.1) is 5.92 Å². The summed E-state index contributed by atoms with van der Waals surface area (Å²) >= 11 is 0. The molecule has 7 nitrogen and oxygen atoms in total. The number of hydrogen-bond donors (Lipinski definition) is 0. The number of fused-ring (bicyclic) bond motifs is 1. The lowest BCUT2D eigenvalue weighted by atomic mass is 10.2. The topological polar surface area (TPSA) is 69.2 Å². The van der Waals surface area contributed by atoms with Crippen molar-refractivity contribution in [2.24, 2.45) is 5.92 Å². The highest BCUT2D eigenvalue weighted by atomic mass is 19.4. The number of hydrogen-bond acceptors (Lipinski definition) is 6. The lowest BCUT2D eigenvalue weighted by Gasteiger charge is -2.19. The number of anilines is 1. The number of aryl methyl sites for hydroxylation is 1. The summed E-state index contributed by atoms with van der Waals surface area (Å²) in [7, 11) is 1.96. The predicted octanol–water partition coefficient (Wildman–Crippen LogP) is 5.19. The number of halogens is 3. The van der Waals surface area contributed by atoms with Crippen molar-refractivity contribution in [3.63, 3.8) is 0 Å². The smallest absolute Gasteiger partial charge is 0.422 e. The Bertz CT molecular complexity index is 1250. The average Bonchev–Trinajstić information content (AvgIpc) is 3.41. The zero-order chi connectivity index (χ0) is 24.4. The Balaban J connectivity index is 1.28. The molecule has 35 heavy (non-hydrogen) atoms. The Morgan fingerprint density at radius 1 is 1.14 bits per heavy atom. The van der Waals surface area contributed by atoms with Gasteiger partial charge in [0.1, 0.15) is 17.2 Å². The molecule has 184 valence electrons. The molecule has 0 bridgehead atoms. The van der Waals surface area contributed by atoms with Crippen molar-refractivity contribution in [2.45, 2.75) is 44.9 Å². The van der Waals surface area contributed by atoms with Gasteiger partial charge in [0, 0.05) is 37.7 Å². The minimum atomic E-state index is -4.39. The van der Waals surface area contributed by atoms with Gasteiger partial charge in [-0.1, -0.05) is 24.3 Å². The van der Waals surface area contributed by atoms with Crippen LogP contribution in [0.25, 0.3) is 11.0 Å².